The van der Waals surface area contributed by atoms with Gasteiger partial charge in [-0.25, -0.2) is 14.2 Å². The third kappa shape index (κ3) is 4.63. The lowest BCUT2D eigenvalue weighted by Gasteiger charge is -2.12. The summed E-state index contributed by atoms with van der Waals surface area (Å²) in [5.41, 5.74) is 0.914. The number of carbonyl (C=O) groups excluding carboxylic acids is 2. The van der Waals surface area contributed by atoms with Crippen LogP contribution >= 0.6 is 22.6 Å². The van der Waals surface area contributed by atoms with Crippen molar-refractivity contribution >= 4 is 40.7 Å². The molecule has 2 aromatic rings. The van der Waals surface area contributed by atoms with Gasteiger partial charge in [-0.3, -0.25) is 4.79 Å². The Morgan fingerprint density at radius 2 is 2.08 bits per heavy atom. The molecule has 6 nitrogen and oxygen atoms in total. The van der Waals surface area contributed by atoms with Gasteiger partial charge in [-0.1, -0.05) is 0 Å². The molecule has 24 heavy (non-hydrogen) atoms. The van der Waals surface area contributed by atoms with E-state index in [0.717, 1.165) is 0 Å². The summed E-state index contributed by atoms with van der Waals surface area (Å²) in [6.45, 7) is -0.391. The molecule has 0 saturated heterocycles. The Hall–Kier alpha value is -2.23. The fourth-order valence-electron chi connectivity index (χ4n) is 1.88. The summed E-state index contributed by atoms with van der Waals surface area (Å²) in [7, 11) is 1.65. The third-order valence-electron chi connectivity index (χ3n) is 3.08. The van der Waals surface area contributed by atoms with Gasteiger partial charge in [0, 0.05) is 22.4 Å². The maximum Gasteiger partial charge on any atom is 0.344 e. The van der Waals surface area contributed by atoms with E-state index in [1.54, 1.807) is 13.2 Å². The van der Waals surface area contributed by atoms with Crippen LogP contribution in [0.5, 0.6) is 5.75 Å². The van der Waals surface area contributed by atoms with Gasteiger partial charge in [0.1, 0.15) is 24.0 Å². The summed E-state index contributed by atoms with van der Waals surface area (Å²) in [4.78, 5) is 27.1. The predicted octanol–water partition coefficient (Wildman–Crippen LogP) is 2.80. The Kier molecular flexibility index (Phi) is 6.47. The number of nitrogens with zero attached hydrogens (tertiary/aromatic N) is 1. The number of anilines is 1. The first-order valence-electron chi connectivity index (χ1n) is 6.89. The van der Waals surface area contributed by atoms with Crippen molar-refractivity contribution in [3.8, 4) is 5.75 Å². The molecule has 0 amide bonds. The van der Waals surface area contributed by atoms with E-state index in [-0.39, 0.29) is 19.0 Å². The average molecular weight is 444 g/mol. The van der Waals surface area contributed by atoms with E-state index in [4.69, 9.17) is 9.47 Å². The standard InChI is InChI=1S/C16H14FIN2O4/c1-19-16-12(7-21)13(14(18)6-20-16)8-24-15(22)9-23-11-4-2-10(17)3-5-11/h2-7H,8-9H2,1H3,(H,19,20). The smallest absolute Gasteiger partial charge is 0.344 e. The van der Waals surface area contributed by atoms with Gasteiger partial charge in [0.2, 0.25) is 0 Å². The second-order valence-electron chi connectivity index (χ2n) is 4.62. The molecular weight excluding hydrogens is 430 g/mol. The average Bonchev–Trinajstić information content (AvgIpc) is 2.59. The zero-order valence-corrected chi connectivity index (χ0v) is 14.9. The molecular formula is C16H14FIN2O4. The largest absolute Gasteiger partial charge is 0.482 e. The molecule has 126 valence electrons. The van der Waals surface area contributed by atoms with Gasteiger partial charge in [-0.2, -0.15) is 0 Å². The molecule has 0 atom stereocenters. The highest BCUT2D eigenvalue weighted by Crippen LogP contribution is 2.22. The number of carbonyl (C=O) groups is 2. The second kappa shape index (κ2) is 8.57. The molecule has 2 rings (SSSR count). The molecule has 0 aliphatic heterocycles. The zero-order chi connectivity index (χ0) is 17.5. The number of benzene rings is 1. The van der Waals surface area contributed by atoms with Crippen molar-refractivity contribution in [2.75, 3.05) is 19.0 Å². The maximum absolute atomic E-state index is 12.8. The highest BCUT2D eigenvalue weighted by atomic mass is 127. The Morgan fingerprint density at radius 1 is 1.38 bits per heavy atom. The number of esters is 1. The Labute approximate surface area is 151 Å². The molecule has 0 fully saturated rings. The summed E-state index contributed by atoms with van der Waals surface area (Å²) in [5.74, 6) is -0.217. The van der Waals surface area contributed by atoms with Crippen LogP contribution in [-0.4, -0.2) is 30.9 Å². The van der Waals surface area contributed by atoms with Crippen molar-refractivity contribution in [3.63, 3.8) is 0 Å². The minimum atomic E-state index is -0.602. The molecule has 0 radical (unpaired) electrons. The van der Waals surface area contributed by atoms with Crippen LogP contribution in [0.4, 0.5) is 10.2 Å². The molecule has 0 saturated carbocycles. The van der Waals surface area contributed by atoms with E-state index in [1.165, 1.54) is 24.3 Å². The summed E-state index contributed by atoms with van der Waals surface area (Å²) in [6.07, 6.45) is 2.25. The minimum Gasteiger partial charge on any atom is -0.482 e. The van der Waals surface area contributed by atoms with Crippen LogP contribution < -0.4 is 10.1 Å². The van der Waals surface area contributed by atoms with Crippen LogP contribution in [0.15, 0.2) is 30.5 Å². The fourth-order valence-corrected chi connectivity index (χ4v) is 2.47. The van der Waals surface area contributed by atoms with Crippen LogP contribution in [0.3, 0.4) is 0 Å². The minimum absolute atomic E-state index is 0.0742. The molecule has 1 aromatic heterocycles. The Morgan fingerprint density at radius 3 is 2.71 bits per heavy atom. The van der Waals surface area contributed by atoms with Crippen molar-refractivity contribution in [2.24, 2.45) is 0 Å². The lowest BCUT2D eigenvalue weighted by molar-refractivity contribution is -0.147. The van der Waals surface area contributed by atoms with Gasteiger partial charge in [0.15, 0.2) is 12.9 Å². The number of rotatable bonds is 7. The normalized spacial score (nSPS) is 10.1. The predicted molar refractivity (Wildman–Crippen MR) is 93.6 cm³/mol. The van der Waals surface area contributed by atoms with Crippen molar-refractivity contribution in [2.45, 2.75) is 6.61 Å². The van der Waals surface area contributed by atoms with Crippen LogP contribution in [0.25, 0.3) is 0 Å². The van der Waals surface area contributed by atoms with E-state index in [9.17, 15) is 14.0 Å². The highest BCUT2D eigenvalue weighted by Gasteiger charge is 2.14. The molecule has 1 N–H and O–H groups in total. The SMILES string of the molecule is CNc1ncc(I)c(COC(=O)COc2ccc(F)cc2)c1C=O. The summed E-state index contributed by atoms with van der Waals surface area (Å²) in [6, 6.07) is 5.29. The molecule has 0 aliphatic rings. The zero-order valence-electron chi connectivity index (χ0n) is 12.7. The highest BCUT2D eigenvalue weighted by molar-refractivity contribution is 14.1. The molecule has 1 heterocycles. The number of halogens is 2. The number of hydrogen-bond acceptors (Lipinski definition) is 6. The quantitative estimate of drug-likeness (QED) is 0.402. The van der Waals surface area contributed by atoms with Gasteiger partial charge >= 0.3 is 5.97 Å². The van der Waals surface area contributed by atoms with Gasteiger partial charge in [0.05, 0.1) is 5.56 Å². The lowest BCUT2D eigenvalue weighted by atomic mass is 10.1. The Bertz CT molecular complexity index is 738. The van der Waals surface area contributed by atoms with Crippen LogP contribution in [0.2, 0.25) is 0 Å². The van der Waals surface area contributed by atoms with Crippen molar-refractivity contribution < 1.29 is 23.5 Å². The van der Waals surface area contributed by atoms with Crippen LogP contribution in [-0.2, 0) is 16.1 Å². The van der Waals surface area contributed by atoms with E-state index in [0.29, 0.717) is 32.6 Å². The molecule has 1 aromatic carbocycles. The van der Waals surface area contributed by atoms with Crippen LogP contribution in [0, 0.1) is 9.39 Å². The maximum atomic E-state index is 12.8. The van der Waals surface area contributed by atoms with Crippen molar-refractivity contribution in [1.82, 2.24) is 4.98 Å². The van der Waals surface area contributed by atoms with Gasteiger partial charge < -0.3 is 14.8 Å². The first kappa shape index (κ1) is 18.1. The van der Waals surface area contributed by atoms with E-state index >= 15 is 0 Å². The summed E-state index contributed by atoms with van der Waals surface area (Å²) < 4.78 is 23.8. The van der Waals surface area contributed by atoms with E-state index < -0.39 is 5.97 Å². The number of nitrogens with one attached hydrogen (secondary N) is 1. The number of aldehydes is 1. The molecule has 0 spiro atoms. The third-order valence-corrected chi connectivity index (χ3v) is 4.01. The molecule has 0 bridgehead atoms. The van der Waals surface area contributed by atoms with E-state index in [2.05, 4.69) is 10.3 Å². The van der Waals surface area contributed by atoms with Crippen LogP contribution in [0.1, 0.15) is 15.9 Å². The number of hydrogen-bond donors (Lipinski definition) is 1. The number of pyridine rings is 1. The number of aromatic nitrogens is 1. The fraction of sp³-hybridized carbons (Fsp3) is 0.188. The van der Waals surface area contributed by atoms with Crippen molar-refractivity contribution in [3.05, 3.63) is 51.0 Å². The first-order chi connectivity index (χ1) is 11.5. The van der Waals surface area contributed by atoms with E-state index in [1.807, 2.05) is 22.6 Å². The summed E-state index contributed by atoms with van der Waals surface area (Å²) >= 11 is 2.02. The number of ether oxygens (including phenoxy) is 2. The molecule has 0 aliphatic carbocycles. The monoisotopic (exact) mass is 444 g/mol. The Balaban J connectivity index is 1.96. The van der Waals surface area contributed by atoms with Gasteiger partial charge in [-0.15, -0.1) is 0 Å². The molecule has 8 heteroatoms. The molecule has 0 unspecified atom stereocenters. The first-order valence-corrected chi connectivity index (χ1v) is 7.97. The lowest BCUT2D eigenvalue weighted by Crippen LogP contribution is -2.16. The second-order valence-corrected chi connectivity index (χ2v) is 5.78. The van der Waals surface area contributed by atoms with Gasteiger partial charge in [-0.05, 0) is 46.9 Å². The van der Waals surface area contributed by atoms with Crippen molar-refractivity contribution in [1.29, 1.82) is 0 Å². The van der Waals surface area contributed by atoms with Gasteiger partial charge in [0.25, 0.3) is 0 Å². The summed E-state index contributed by atoms with van der Waals surface area (Å²) in [5, 5.41) is 2.81. The topological polar surface area (TPSA) is 77.5 Å².